The van der Waals surface area contributed by atoms with Crippen LogP contribution in [0.2, 0.25) is 0 Å². The van der Waals surface area contributed by atoms with Gasteiger partial charge in [0.15, 0.2) is 5.16 Å². The monoisotopic (exact) mass is 239 g/mol. The van der Waals surface area contributed by atoms with E-state index in [-0.39, 0.29) is 18.7 Å². The molecule has 1 aliphatic heterocycles. The Morgan fingerprint density at radius 2 is 2.31 bits per heavy atom. The van der Waals surface area contributed by atoms with Crippen LogP contribution in [0.3, 0.4) is 0 Å². The number of nitrogens with zero attached hydrogens (tertiary/aromatic N) is 3. The smallest absolute Gasteiger partial charge is 0.416 e. The van der Waals surface area contributed by atoms with Gasteiger partial charge in [-0.05, 0) is 20.1 Å². The Balaban J connectivity index is 2.48. The number of hydrogen-bond acceptors (Lipinski definition) is 5. The molecule has 1 amide bonds. The third kappa shape index (κ3) is 1.84. The highest BCUT2D eigenvalue weighted by Crippen LogP contribution is 2.27. The summed E-state index contributed by atoms with van der Waals surface area (Å²) in [4.78, 5) is 21.7. The Morgan fingerprint density at radius 3 is 2.94 bits per heavy atom. The highest BCUT2D eigenvalue weighted by atomic mass is 32.2. The van der Waals surface area contributed by atoms with Crippen molar-refractivity contribution >= 4 is 23.7 Å². The number of ether oxygens (including phenoxy) is 1. The topological polar surface area (TPSA) is 55.3 Å². The summed E-state index contributed by atoms with van der Waals surface area (Å²) < 4.78 is 5.05. The lowest BCUT2D eigenvalue weighted by Crippen LogP contribution is -2.41. The molecule has 5 nitrogen and oxygen atoms in total. The van der Waals surface area contributed by atoms with Crippen LogP contribution >= 0.6 is 11.8 Å². The standard InChI is InChI=1S/C10H13N3O2S/c1-6(2)13-8-7(5-15-10(13)14)4-11-9(12-8)16-3/h4,6H,5H2,1-3H3. The van der Waals surface area contributed by atoms with E-state index in [0.717, 1.165) is 5.56 Å². The van der Waals surface area contributed by atoms with Crippen molar-refractivity contribution in [2.45, 2.75) is 31.7 Å². The van der Waals surface area contributed by atoms with Crippen molar-refractivity contribution in [3.05, 3.63) is 11.8 Å². The van der Waals surface area contributed by atoms with E-state index in [2.05, 4.69) is 9.97 Å². The molecule has 0 unspecified atom stereocenters. The van der Waals surface area contributed by atoms with Crippen molar-refractivity contribution in [1.82, 2.24) is 9.97 Å². The number of anilines is 1. The average Bonchev–Trinajstić information content (AvgIpc) is 2.27. The highest BCUT2D eigenvalue weighted by Gasteiger charge is 2.29. The molecule has 0 saturated carbocycles. The molecule has 16 heavy (non-hydrogen) atoms. The maximum atomic E-state index is 11.6. The molecule has 2 rings (SSSR count). The number of fused-ring (bicyclic) bond motifs is 1. The number of cyclic esters (lactones) is 1. The molecule has 0 atom stereocenters. The quantitative estimate of drug-likeness (QED) is 0.584. The van der Waals surface area contributed by atoms with Crippen LogP contribution in [-0.2, 0) is 11.3 Å². The molecule has 86 valence electrons. The van der Waals surface area contributed by atoms with E-state index in [1.54, 1.807) is 11.1 Å². The maximum Gasteiger partial charge on any atom is 0.416 e. The minimum atomic E-state index is -0.340. The number of aromatic nitrogens is 2. The Kier molecular flexibility index (Phi) is 3.00. The lowest BCUT2D eigenvalue weighted by molar-refractivity contribution is 0.139. The van der Waals surface area contributed by atoms with Crippen molar-refractivity contribution in [2.24, 2.45) is 0 Å². The first-order valence-corrected chi connectivity index (χ1v) is 6.22. The predicted octanol–water partition coefficient (Wildman–Crippen LogP) is 2.06. The van der Waals surface area contributed by atoms with Crippen molar-refractivity contribution in [1.29, 1.82) is 0 Å². The fraction of sp³-hybridized carbons (Fsp3) is 0.500. The first kappa shape index (κ1) is 11.2. The summed E-state index contributed by atoms with van der Waals surface area (Å²) in [5.41, 5.74) is 0.853. The van der Waals surface area contributed by atoms with Crippen LogP contribution in [0.4, 0.5) is 10.6 Å². The van der Waals surface area contributed by atoms with Gasteiger partial charge in [-0.2, -0.15) is 0 Å². The van der Waals surface area contributed by atoms with E-state index in [0.29, 0.717) is 11.0 Å². The maximum absolute atomic E-state index is 11.6. The third-order valence-electron chi connectivity index (χ3n) is 2.29. The second kappa shape index (κ2) is 4.29. The van der Waals surface area contributed by atoms with Crippen LogP contribution in [0.25, 0.3) is 0 Å². The van der Waals surface area contributed by atoms with Gasteiger partial charge in [-0.25, -0.2) is 14.8 Å². The molecule has 6 heteroatoms. The SMILES string of the molecule is CSc1ncc2c(n1)N(C(C)C)C(=O)OC2. The fourth-order valence-corrected chi connectivity index (χ4v) is 1.88. The third-order valence-corrected chi connectivity index (χ3v) is 2.86. The fourth-order valence-electron chi connectivity index (χ4n) is 1.54. The minimum absolute atomic E-state index is 0.0242. The first-order chi connectivity index (χ1) is 7.63. The van der Waals surface area contributed by atoms with Gasteiger partial charge in [0.25, 0.3) is 0 Å². The van der Waals surface area contributed by atoms with Gasteiger partial charge >= 0.3 is 6.09 Å². The van der Waals surface area contributed by atoms with Crippen molar-refractivity contribution in [3.63, 3.8) is 0 Å². The van der Waals surface area contributed by atoms with E-state index in [1.807, 2.05) is 20.1 Å². The molecular formula is C10H13N3O2S. The van der Waals surface area contributed by atoms with Crippen LogP contribution in [0.15, 0.2) is 11.4 Å². The van der Waals surface area contributed by atoms with Gasteiger partial charge in [-0.15, -0.1) is 0 Å². The predicted molar refractivity (Wildman–Crippen MR) is 61.6 cm³/mol. The first-order valence-electron chi connectivity index (χ1n) is 4.99. The number of carbonyl (C=O) groups is 1. The van der Waals surface area contributed by atoms with Crippen LogP contribution in [0.1, 0.15) is 19.4 Å². The highest BCUT2D eigenvalue weighted by molar-refractivity contribution is 7.98. The zero-order valence-corrected chi connectivity index (χ0v) is 10.2. The summed E-state index contributed by atoms with van der Waals surface area (Å²) in [7, 11) is 0. The zero-order valence-electron chi connectivity index (χ0n) is 9.43. The molecule has 0 bridgehead atoms. The van der Waals surface area contributed by atoms with Gasteiger partial charge in [0.1, 0.15) is 12.4 Å². The van der Waals surface area contributed by atoms with Gasteiger partial charge in [-0.1, -0.05) is 11.8 Å². The van der Waals surface area contributed by atoms with E-state index in [4.69, 9.17) is 4.74 Å². The zero-order chi connectivity index (χ0) is 11.7. The summed E-state index contributed by atoms with van der Waals surface area (Å²) in [6.45, 7) is 4.11. The number of rotatable bonds is 2. The Labute approximate surface area is 98.2 Å². The number of thioether (sulfide) groups is 1. The molecular weight excluding hydrogens is 226 g/mol. The van der Waals surface area contributed by atoms with Crippen LogP contribution in [0.5, 0.6) is 0 Å². The normalized spacial score (nSPS) is 15.0. The molecule has 0 radical (unpaired) electrons. The van der Waals surface area contributed by atoms with E-state index in [9.17, 15) is 4.79 Å². The van der Waals surface area contributed by atoms with Crippen LogP contribution in [-0.4, -0.2) is 28.4 Å². The number of hydrogen-bond donors (Lipinski definition) is 0. The molecule has 0 N–H and O–H groups in total. The number of amides is 1. The summed E-state index contributed by atoms with van der Waals surface area (Å²) in [6.07, 6.45) is 3.28. The van der Waals surface area contributed by atoms with E-state index >= 15 is 0 Å². The molecule has 1 aliphatic rings. The minimum Gasteiger partial charge on any atom is -0.444 e. The van der Waals surface area contributed by atoms with Crippen molar-refractivity contribution < 1.29 is 9.53 Å². The van der Waals surface area contributed by atoms with Crippen LogP contribution in [0, 0.1) is 0 Å². The lowest BCUT2D eigenvalue weighted by atomic mass is 10.2. The molecule has 0 aromatic carbocycles. The molecule has 0 fully saturated rings. The molecule has 1 aromatic heterocycles. The van der Waals surface area contributed by atoms with E-state index < -0.39 is 0 Å². The Morgan fingerprint density at radius 1 is 1.56 bits per heavy atom. The van der Waals surface area contributed by atoms with Gasteiger partial charge in [0.05, 0.1) is 5.56 Å². The van der Waals surface area contributed by atoms with Gasteiger partial charge in [0, 0.05) is 12.2 Å². The van der Waals surface area contributed by atoms with Crippen molar-refractivity contribution in [3.8, 4) is 0 Å². The van der Waals surface area contributed by atoms with Crippen LogP contribution < -0.4 is 4.90 Å². The Hall–Kier alpha value is -1.30. The molecule has 1 aromatic rings. The van der Waals surface area contributed by atoms with Crippen molar-refractivity contribution in [2.75, 3.05) is 11.2 Å². The second-order valence-corrected chi connectivity index (χ2v) is 4.50. The molecule has 0 spiro atoms. The largest absolute Gasteiger partial charge is 0.444 e. The molecule has 0 aliphatic carbocycles. The van der Waals surface area contributed by atoms with Gasteiger partial charge in [-0.3, -0.25) is 4.90 Å². The Bertz CT molecular complexity index is 423. The summed E-state index contributed by atoms with van der Waals surface area (Å²) in [5.74, 6) is 0.672. The molecule has 2 heterocycles. The number of carbonyl (C=O) groups excluding carboxylic acids is 1. The average molecular weight is 239 g/mol. The summed E-state index contributed by atoms with van der Waals surface area (Å²) in [6, 6.07) is 0.0242. The van der Waals surface area contributed by atoms with E-state index in [1.165, 1.54) is 11.8 Å². The summed E-state index contributed by atoms with van der Waals surface area (Å²) in [5, 5.41) is 0.666. The van der Waals surface area contributed by atoms with Gasteiger partial charge in [0.2, 0.25) is 0 Å². The lowest BCUT2D eigenvalue weighted by Gasteiger charge is -2.30. The van der Waals surface area contributed by atoms with Gasteiger partial charge < -0.3 is 4.74 Å². The second-order valence-electron chi connectivity index (χ2n) is 3.72. The molecule has 0 saturated heterocycles. The summed E-state index contributed by atoms with van der Waals surface area (Å²) >= 11 is 1.46.